The van der Waals surface area contributed by atoms with Crippen LogP contribution in [-0.2, 0) is 0 Å². The molecule has 1 heterocycles. The molecule has 1 fully saturated rings. The largest absolute Gasteiger partial charge is 0.301 e. The molecule has 1 rings (SSSR count). The lowest BCUT2D eigenvalue weighted by molar-refractivity contribution is 0.297. The predicted molar refractivity (Wildman–Crippen MR) is 35.6 cm³/mol. The minimum absolute atomic E-state index is 0.799. The average molecular weight is 112 g/mol. The zero-order chi connectivity index (χ0) is 5.98. The molecule has 47 valence electrons. The summed E-state index contributed by atoms with van der Waals surface area (Å²) in [6.45, 7) is 8.38. The van der Waals surface area contributed by atoms with Crippen molar-refractivity contribution < 1.29 is 0 Å². The Morgan fingerprint density at radius 3 is 2.75 bits per heavy atom. The van der Waals surface area contributed by atoms with Crippen LogP contribution < -0.4 is 0 Å². The summed E-state index contributed by atoms with van der Waals surface area (Å²) in [6, 6.07) is 0.799. The van der Waals surface area contributed by atoms with Crippen molar-refractivity contribution in [2.45, 2.75) is 25.8 Å². The van der Waals surface area contributed by atoms with E-state index in [0.29, 0.717) is 0 Å². The van der Waals surface area contributed by atoms with Gasteiger partial charge in [0.25, 0.3) is 0 Å². The Hall–Kier alpha value is -0.0400. The number of hydrogen-bond acceptors (Lipinski definition) is 1. The van der Waals surface area contributed by atoms with Crippen LogP contribution in [0.2, 0.25) is 0 Å². The average Bonchev–Trinajstić information content (AvgIpc) is 2.14. The highest BCUT2D eigenvalue weighted by molar-refractivity contribution is 4.74. The lowest BCUT2D eigenvalue weighted by Gasteiger charge is -2.17. The van der Waals surface area contributed by atoms with Gasteiger partial charge in [0.2, 0.25) is 0 Å². The fraction of sp³-hybridized carbons (Fsp3) is 0.857. The molecule has 1 heteroatoms. The van der Waals surface area contributed by atoms with E-state index in [0.717, 1.165) is 12.6 Å². The molecule has 1 aliphatic rings. The first-order valence-electron chi connectivity index (χ1n) is 3.38. The van der Waals surface area contributed by atoms with Gasteiger partial charge in [-0.05, 0) is 39.8 Å². The van der Waals surface area contributed by atoms with Gasteiger partial charge in [-0.1, -0.05) is 0 Å². The topological polar surface area (TPSA) is 3.24 Å². The number of hydrogen-bond donors (Lipinski definition) is 0. The summed E-state index contributed by atoms with van der Waals surface area (Å²) in [5.74, 6) is 0. The minimum atomic E-state index is 0.799. The van der Waals surface area contributed by atoms with Crippen LogP contribution in [-0.4, -0.2) is 24.0 Å². The zero-order valence-corrected chi connectivity index (χ0v) is 5.56. The molecular weight excluding hydrogens is 98.1 g/mol. The smallest absolute Gasteiger partial charge is 0.00674 e. The quantitative estimate of drug-likeness (QED) is 0.494. The molecule has 0 unspecified atom stereocenters. The van der Waals surface area contributed by atoms with Gasteiger partial charge >= 0.3 is 0 Å². The van der Waals surface area contributed by atoms with E-state index < -0.39 is 0 Å². The Morgan fingerprint density at radius 2 is 2.50 bits per heavy atom. The monoisotopic (exact) mass is 112 g/mol. The van der Waals surface area contributed by atoms with Gasteiger partial charge in [-0.2, -0.15) is 0 Å². The van der Waals surface area contributed by atoms with Crippen LogP contribution >= 0.6 is 0 Å². The van der Waals surface area contributed by atoms with Crippen LogP contribution in [0.3, 0.4) is 0 Å². The molecular formula is C7H14N. The third-order valence-electron chi connectivity index (χ3n) is 1.98. The second-order valence-electron chi connectivity index (χ2n) is 2.53. The standard InChI is InChI=1S/C7H14N/c1-3-8-6-4-5-7(8)2/h7H,1,3-6H2,2H3/t7-/m1/s1. The van der Waals surface area contributed by atoms with Crippen molar-refractivity contribution >= 4 is 0 Å². The molecule has 0 spiro atoms. The van der Waals surface area contributed by atoms with Crippen molar-refractivity contribution in [1.82, 2.24) is 4.90 Å². The Labute approximate surface area is 51.7 Å². The lowest BCUT2D eigenvalue weighted by atomic mass is 10.2. The molecule has 0 saturated carbocycles. The van der Waals surface area contributed by atoms with Gasteiger partial charge in [0.1, 0.15) is 0 Å². The maximum atomic E-state index is 3.84. The molecule has 0 bridgehead atoms. The predicted octanol–water partition coefficient (Wildman–Crippen LogP) is 1.30. The van der Waals surface area contributed by atoms with Gasteiger partial charge in [0, 0.05) is 6.04 Å². The molecule has 0 aromatic carbocycles. The molecule has 0 amide bonds. The van der Waals surface area contributed by atoms with E-state index in [1.54, 1.807) is 0 Å². The second-order valence-corrected chi connectivity index (χ2v) is 2.53. The molecule has 1 nitrogen and oxygen atoms in total. The molecule has 1 atom stereocenters. The fourth-order valence-corrected chi connectivity index (χ4v) is 1.32. The van der Waals surface area contributed by atoms with Crippen LogP contribution in [0.4, 0.5) is 0 Å². The molecule has 1 saturated heterocycles. The van der Waals surface area contributed by atoms with Crippen LogP contribution in [0.15, 0.2) is 0 Å². The van der Waals surface area contributed by atoms with Gasteiger partial charge < -0.3 is 4.90 Å². The second kappa shape index (κ2) is 2.49. The maximum absolute atomic E-state index is 3.84. The molecule has 8 heavy (non-hydrogen) atoms. The third-order valence-corrected chi connectivity index (χ3v) is 1.98. The van der Waals surface area contributed by atoms with E-state index in [1.807, 2.05) is 0 Å². The normalized spacial score (nSPS) is 31.5. The van der Waals surface area contributed by atoms with E-state index in [4.69, 9.17) is 0 Å². The van der Waals surface area contributed by atoms with Crippen molar-refractivity contribution in [3.8, 4) is 0 Å². The van der Waals surface area contributed by atoms with Gasteiger partial charge in [-0.3, -0.25) is 0 Å². The molecule has 1 radical (unpaired) electrons. The number of likely N-dealkylation sites (tertiary alicyclic amines) is 1. The zero-order valence-electron chi connectivity index (χ0n) is 5.56. The van der Waals surface area contributed by atoms with E-state index in [1.165, 1.54) is 19.4 Å². The summed E-state index contributed by atoms with van der Waals surface area (Å²) in [7, 11) is 0. The highest BCUT2D eigenvalue weighted by atomic mass is 15.2. The molecule has 0 aromatic heterocycles. The Kier molecular flexibility index (Phi) is 1.90. The van der Waals surface area contributed by atoms with Gasteiger partial charge in [0.05, 0.1) is 0 Å². The van der Waals surface area contributed by atoms with Crippen LogP contribution in [0.5, 0.6) is 0 Å². The van der Waals surface area contributed by atoms with Crippen molar-refractivity contribution in [2.24, 2.45) is 0 Å². The number of nitrogens with zero attached hydrogens (tertiary/aromatic N) is 1. The SMILES string of the molecule is [CH2]CN1CCC[C@H]1C. The highest BCUT2D eigenvalue weighted by Gasteiger charge is 2.17. The Balaban J connectivity index is 2.30. The lowest BCUT2D eigenvalue weighted by Crippen LogP contribution is -2.26. The molecule has 1 aliphatic heterocycles. The molecule has 0 aliphatic carbocycles. The van der Waals surface area contributed by atoms with Gasteiger partial charge in [-0.15, -0.1) is 0 Å². The van der Waals surface area contributed by atoms with Crippen molar-refractivity contribution in [1.29, 1.82) is 0 Å². The summed E-state index contributed by atoms with van der Waals surface area (Å²) in [4.78, 5) is 2.42. The first-order valence-corrected chi connectivity index (χ1v) is 3.38. The Morgan fingerprint density at radius 1 is 1.75 bits per heavy atom. The van der Waals surface area contributed by atoms with E-state index >= 15 is 0 Å². The van der Waals surface area contributed by atoms with E-state index in [-0.39, 0.29) is 0 Å². The summed E-state index contributed by atoms with van der Waals surface area (Å²) in [5, 5.41) is 0. The van der Waals surface area contributed by atoms with Crippen LogP contribution in [0.1, 0.15) is 19.8 Å². The van der Waals surface area contributed by atoms with Gasteiger partial charge in [-0.25, -0.2) is 0 Å². The van der Waals surface area contributed by atoms with Crippen molar-refractivity contribution in [3.05, 3.63) is 6.92 Å². The van der Waals surface area contributed by atoms with E-state index in [2.05, 4.69) is 18.7 Å². The summed E-state index contributed by atoms with van der Waals surface area (Å²) in [5.41, 5.74) is 0. The first-order chi connectivity index (χ1) is 3.84. The van der Waals surface area contributed by atoms with Crippen LogP contribution in [0, 0.1) is 6.92 Å². The van der Waals surface area contributed by atoms with Crippen LogP contribution in [0.25, 0.3) is 0 Å². The maximum Gasteiger partial charge on any atom is 0.00674 e. The van der Waals surface area contributed by atoms with E-state index in [9.17, 15) is 0 Å². The minimum Gasteiger partial charge on any atom is -0.301 e. The first kappa shape index (κ1) is 6.09. The molecule has 0 N–H and O–H groups in total. The fourth-order valence-electron chi connectivity index (χ4n) is 1.32. The van der Waals surface area contributed by atoms with Crippen molar-refractivity contribution in [2.75, 3.05) is 13.1 Å². The number of rotatable bonds is 1. The molecule has 0 aromatic rings. The highest BCUT2D eigenvalue weighted by Crippen LogP contribution is 2.14. The van der Waals surface area contributed by atoms with Gasteiger partial charge in [0.15, 0.2) is 0 Å². The third kappa shape index (κ3) is 1.03. The summed E-state index contributed by atoms with van der Waals surface area (Å²) in [6.07, 6.45) is 2.74. The summed E-state index contributed by atoms with van der Waals surface area (Å²) >= 11 is 0. The van der Waals surface area contributed by atoms with Crippen molar-refractivity contribution in [3.63, 3.8) is 0 Å². The summed E-state index contributed by atoms with van der Waals surface area (Å²) < 4.78 is 0. The Bertz CT molecular complexity index is 70.8.